The summed E-state index contributed by atoms with van der Waals surface area (Å²) in [5, 5.41) is 8.67. The Morgan fingerprint density at radius 1 is 1.50 bits per heavy atom. The number of carbonyl (C=O) groups excluding carboxylic acids is 1. The van der Waals surface area contributed by atoms with Gasteiger partial charge in [-0.3, -0.25) is 0 Å². The van der Waals surface area contributed by atoms with Gasteiger partial charge in [-0.05, 0) is 6.92 Å². The van der Waals surface area contributed by atoms with E-state index in [4.69, 9.17) is 5.26 Å². The molecule has 0 aliphatic carbocycles. The van der Waals surface area contributed by atoms with Crippen molar-refractivity contribution in [1.82, 2.24) is 4.98 Å². The van der Waals surface area contributed by atoms with Gasteiger partial charge in [0.25, 0.3) is 6.43 Å². The van der Waals surface area contributed by atoms with Crippen LogP contribution in [0.4, 0.5) is 22.0 Å². The number of alkyl halides is 5. The molecule has 0 atom stereocenters. The molecule has 1 heterocycles. The van der Waals surface area contributed by atoms with E-state index in [0.29, 0.717) is 6.20 Å². The fraction of sp³-hybridized carbons (Fsp3) is 0.364. The number of ether oxygens (including phenoxy) is 1. The molecule has 20 heavy (non-hydrogen) atoms. The smallest absolute Gasteiger partial charge is 0.434 e. The Balaban J connectivity index is 3.60. The number of halogens is 5. The number of hydrogen-bond donors (Lipinski definition) is 0. The van der Waals surface area contributed by atoms with E-state index in [-0.39, 0.29) is 6.61 Å². The van der Waals surface area contributed by atoms with Crippen LogP contribution in [0.2, 0.25) is 0 Å². The Kier molecular flexibility index (Phi) is 4.60. The summed E-state index contributed by atoms with van der Waals surface area (Å²) in [5.41, 5.74) is -5.32. The van der Waals surface area contributed by atoms with E-state index in [1.807, 2.05) is 0 Å². The highest BCUT2D eigenvalue weighted by Crippen LogP contribution is 2.36. The first-order chi connectivity index (χ1) is 9.23. The van der Waals surface area contributed by atoms with Crippen LogP contribution in [-0.2, 0) is 10.9 Å². The molecule has 0 radical (unpaired) electrons. The van der Waals surface area contributed by atoms with Gasteiger partial charge in [0.05, 0.1) is 23.3 Å². The van der Waals surface area contributed by atoms with Crippen molar-refractivity contribution in [2.45, 2.75) is 19.5 Å². The van der Waals surface area contributed by atoms with Crippen LogP contribution in [0, 0.1) is 11.3 Å². The third kappa shape index (κ3) is 3.01. The Hall–Kier alpha value is -2.24. The fourth-order valence-corrected chi connectivity index (χ4v) is 1.45. The molecule has 1 aromatic heterocycles. The lowest BCUT2D eigenvalue weighted by atomic mass is 10.0. The van der Waals surface area contributed by atoms with Crippen molar-refractivity contribution < 1.29 is 31.5 Å². The third-order valence-electron chi connectivity index (χ3n) is 2.21. The first kappa shape index (κ1) is 15.8. The summed E-state index contributed by atoms with van der Waals surface area (Å²) < 4.78 is 68.0. The summed E-state index contributed by atoms with van der Waals surface area (Å²) >= 11 is 0. The molecule has 0 aromatic carbocycles. The normalized spacial score (nSPS) is 11.3. The molecular weight excluding hydrogens is 287 g/mol. The van der Waals surface area contributed by atoms with Gasteiger partial charge in [-0.15, -0.1) is 0 Å². The number of esters is 1. The molecule has 1 aromatic rings. The van der Waals surface area contributed by atoms with E-state index in [2.05, 4.69) is 9.72 Å². The maximum absolute atomic E-state index is 12.9. The molecule has 0 aliphatic heterocycles. The van der Waals surface area contributed by atoms with Gasteiger partial charge in [-0.1, -0.05) is 0 Å². The summed E-state index contributed by atoms with van der Waals surface area (Å²) in [6, 6.07) is 1.02. The van der Waals surface area contributed by atoms with Crippen LogP contribution in [0.15, 0.2) is 6.20 Å². The lowest BCUT2D eigenvalue weighted by molar-refractivity contribution is -0.141. The molecule has 0 saturated carbocycles. The minimum Gasteiger partial charge on any atom is -0.462 e. The molecule has 0 unspecified atom stereocenters. The minimum atomic E-state index is -5.08. The van der Waals surface area contributed by atoms with Gasteiger partial charge in [0, 0.05) is 6.20 Å². The summed E-state index contributed by atoms with van der Waals surface area (Å²) in [6.45, 7) is 1.23. The number of nitrogens with zero attached hydrogens (tertiary/aromatic N) is 2. The van der Waals surface area contributed by atoms with Gasteiger partial charge >= 0.3 is 12.1 Å². The topological polar surface area (TPSA) is 63.0 Å². The van der Waals surface area contributed by atoms with Gasteiger partial charge < -0.3 is 4.74 Å². The molecule has 1 rings (SSSR count). The van der Waals surface area contributed by atoms with E-state index in [1.54, 1.807) is 0 Å². The van der Waals surface area contributed by atoms with Crippen LogP contribution in [0.5, 0.6) is 0 Å². The zero-order chi connectivity index (χ0) is 15.5. The van der Waals surface area contributed by atoms with Crippen molar-refractivity contribution in [3.63, 3.8) is 0 Å². The second-order valence-electron chi connectivity index (χ2n) is 3.44. The molecule has 108 valence electrons. The quantitative estimate of drug-likeness (QED) is 0.635. The minimum absolute atomic E-state index is 0.162. The second-order valence-corrected chi connectivity index (χ2v) is 3.44. The lowest BCUT2D eigenvalue weighted by Gasteiger charge is -2.14. The summed E-state index contributed by atoms with van der Waals surface area (Å²) in [7, 11) is 0. The van der Waals surface area contributed by atoms with E-state index in [9.17, 15) is 26.7 Å². The van der Waals surface area contributed by atoms with Gasteiger partial charge in [0.2, 0.25) is 0 Å². The van der Waals surface area contributed by atoms with Crippen molar-refractivity contribution in [3.8, 4) is 6.07 Å². The molecule has 0 fully saturated rings. The van der Waals surface area contributed by atoms with Crippen molar-refractivity contribution in [3.05, 3.63) is 28.6 Å². The number of aromatic nitrogens is 1. The second kappa shape index (κ2) is 5.81. The molecule has 0 saturated heterocycles. The van der Waals surface area contributed by atoms with Crippen LogP contribution >= 0.6 is 0 Å². The number of carbonyl (C=O) groups is 1. The van der Waals surface area contributed by atoms with Crippen molar-refractivity contribution in [1.29, 1.82) is 5.26 Å². The Bertz CT molecular complexity index is 563. The lowest BCUT2D eigenvalue weighted by Crippen LogP contribution is -2.17. The molecule has 4 nitrogen and oxygen atoms in total. The highest BCUT2D eigenvalue weighted by molar-refractivity contribution is 5.91. The van der Waals surface area contributed by atoms with Gasteiger partial charge in [0.15, 0.2) is 5.69 Å². The molecular formula is C11H7F5N2O2. The molecule has 0 N–H and O–H groups in total. The number of nitriles is 1. The maximum atomic E-state index is 12.9. The Labute approximate surface area is 109 Å². The van der Waals surface area contributed by atoms with Crippen LogP contribution in [0.3, 0.4) is 0 Å². The molecule has 0 spiro atoms. The third-order valence-corrected chi connectivity index (χ3v) is 2.21. The number of hydrogen-bond acceptors (Lipinski definition) is 4. The summed E-state index contributed by atoms with van der Waals surface area (Å²) in [4.78, 5) is 14.3. The largest absolute Gasteiger partial charge is 0.462 e. The van der Waals surface area contributed by atoms with Gasteiger partial charge in [-0.2, -0.15) is 18.4 Å². The van der Waals surface area contributed by atoms with Crippen LogP contribution < -0.4 is 0 Å². The number of rotatable bonds is 3. The van der Waals surface area contributed by atoms with Crippen molar-refractivity contribution in [2.75, 3.05) is 6.61 Å². The average molecular weight is 294 g/mol. The molecule has 9 heteroatoms. The van der Waals surface area contributed by atoms with Gasteiger partial charge in [-0.25, -0.2) is 18.6 Å². The van der Waals surface area contributed by atoms with E-state index >= 15 is 0 Å². The van der Waals surface area contributed by atoms with E-state index in [1.165, 1.54) is 6.92 Å². The Morgan fingerprint density at radius 2 is 2.10 bits per heavy atom. The first-order valence-electron chi connectivity index (χ1n) is 5.19. The van der Waals surface area contributed by atoms with Crippen LogP contribution in [0.1, 0.15) is 40.5 Å². The van der Waals surface area contributed by atoms with Gasteiger partial charge in [0.1, 0.15) is 6.07 Å². The highest BCUT2D eigenvalue weighted by Gasteiger charge is 2.39. The van der Waals surface area contributed by atoms with Crippen LogP contribution in [0.25, 0.3) is 0 Å². The predicted octanol–water partition coefficient (Wildman–Crippen LogP) is 3.09. The monoisotopic (exact) mass is 294 g/mol. The summed E-state index contributed by atoms with van der Waals surface area (Å²) in [6.07, 6.45) is -8.20. The predicted molar refractivity (Wildman–Crippen MR) is 54.9 cm³/mol. The molecule has 0 bridgehead atoms. The van der Waals surface area contributed by atoms with Crippen molar-refractivity contribution >= 4 is 5.97 Å². The average Bonchev–Trinajstić information content (AvgIpc) is 2.35. The van der Waals surface area contributed by atoms with E-state index in [0.717, 1.165) is 6.07 Å². The highest BCUT2D eigenvalue weighted by atomic mass is 19.4. The Morgan fingerprint density at radius 3 is 2.50 bits per heavy atom. The summed E-state index contributed by atoms with van der Waals surface area (Å²) in [5.74, 6) is -1.26. The van der Waals surface area contributed by atoms with Crippen molar-refractivity contribution in [2.24, 2.45) is 0 Å². The van der Waals surface area contributed by atoms with E-state index < -0.39 is 41.0 Å². The zero-order valence-electron chi connectivity index (χ0n) is 9.96. The SMILES string of the molecule is CCOC(=O)c1cnc(C(F)(F)F)c(C#N)c1C(F)F. The first-order valence-corrected chi connectivity index (χ1v) is 5.19. The zero-order valence-corrected chi connectivity index (χ0v) is 9.96. The number of pyridine rings is 1. The molecule has 0 amide bonds. The standard InChI is InChI=1S/C11H7F5N2O2/c1-2-20-10(19)6-4-18-8(11(14,15)16)5(3-17)7(6)9(12)13/h4,9H,2H2,1H3. The maximum Gasteiger partial charge on any atom is 0.434 e. The fourth-order valence-electron chi connectivity index (χ4n) is 1.45. The van der Waals surface area contributed by atoms with Crippen LogP contribution in [-0.4, -0.2) is 17.6 Å². The molecule has 0 aliphatic rings.